The van der Waals surface area contributed by atoms with Gasteiger partial charge in [-0.2, -0.15) is 5.10 Å². The second kappa shape index (κ2) is 5.68. The molecule has 90 valence electrons. The fourth-order valence-corrected chi connectivity index (χ4v) is 1.71. The Bertz CT molecular complexity index is 321. The molecule has 2 aliphatic rings. The summed E-state index contributed by atoms with van der Waals surface area (Å²) in [6.45, 7) is 6.10. The van der Waals surface area contributed by atoms with E-state index in [1.807, 2.05) is 13.1 Å². The highest BCUT2D eigenvalue weighted by atomic mass is 16.4. The fraction of sp³-hybridized carbons (Fsp3) is 0.667. The van der Waals surface area contributed by atoms with E-state index in [2.05, 4.69) is 24.4 Å². The zero-order chi connectivity index (χ0) is 12.1. The minimum absolute atomic E-state index is 0.238. The molecule has 0 saturated heterocycles. The number of fused-ring (bicyclic) bond motifs is 1. The van der Waals surface area contributed by atoms with Gasteiger partial charge in [0.1, 0.15) is 5.70 Å². The molecule has 0 aromatic rings. The van der Waals surface area contributed by atoms with Gasteiger partial charge in [0.05, 0.1) is 0 Å². The molecular formula is C12H20N2O2. The van der Waals surface area contributed by atoms with Crippen LogP contribution in [0.2, 0.25) is 0 Å². The number of aliphatic carboxylic acids is 1. The largest absolute Gasteiger partial charge is 0.477 e. The van der Waals surface area contributed by atoms with Crippen LogP contribution in [-0.2, 0) is 4.79 Å². The zero-order valence-corrected chi connectivity index (χ0v) is 10.2. The Morgan fingerprint density at radius 2 is 2.25 bits per heavy atom. The molecule has 1 aliphatic heterocycles. The standard InChI is InChI=1S/C9H12N2O2.C3H8/c1-5-2-6-3-7(6)4-10-11-8(5)9(12)13;1-3-2/h4,6-7,11H,2-3H2,1H3,(H,12,13);3H2,1-2H3/b8-5+,10-4+;/t6-,7-;/m0./s1. The van der Waals surface area contributed by atoms with Crippen molar-refractivity contribution in [3.63, 3.8) is 0 Å². The molecule has 2 N–H and O–H groups in total. The van der Waals surface area contributed by atoms with Gasteiger partial charge in [-0.3, -0.25) is 5.43 Å². The van der Waals surface area contributed by atoms with Crippen molar-refractivity contribution in [3.05, 3.63) is 11.3 Å². The number of hydrazone groups is 1. The summed E-state index contributed by atoms with van der Waals surface area (Å²) in [7, 11) is 0. The molecule has 4 heteroatoms. The molecule has 1 heterocycles. The lowest BCUT2D eigenvalue weighted by atomic mass is 10.1. The molecule has 2 rings (SSSR count). The van der Waals surface area contributed by atoms with Crippen LogP contribution in [0.15, 0.2) is 16.4 Å². The highest BCUT2D eigenvalue weighted by molar-refractivity contribution is 5.87. The van der Waals surface area contributed by atoms with Gasteiger partial charge in [0.2, 0.25) is 0 Å². The molecule has 0 spiro atoms. The Morgan fingerprint density at radius 1 is 1.62 bits per heavy atom. The van der Waals surface area contributed by atoms with Gasteiger partial charge in [-0.15, -0.1) is 0 Å². The summed E-state index contributed by atoms with van der Waals surface area (Å²) in [5.41, 5.74) is 3.71. The lowest BCUT2D eigenvalue weighted by Crippen LogP contribution is -2.18. The number of nitrogens with one attached hydrogen (secondary N) is 1. The van der Waals surface area contributed by atoms with E-state index in [0.717, 1.165) is 18.4 Å². The third kappa shape index (κ3) is 3.36. The lowest BCUT2D eigenvalue weighted by Gasteiger charge is -2.09. The Balaban J connectivity index is 0.000000386. The van der Waals surface area contributed by atoms with Crippen LogP contribution in [0.1, 0.15) is 40.0 Å². The maximum absolute atomic E-state index is 10.8. The number of carbonyl (C=O) groups is 1. The molecule has 4 nitrogen and oxygen atoms in total. The van der Waals surface area contributed by atoms with E-state index in [0.29, 0.717) is 11.8 Å². The maximum Gasteiger partial charge on any atom is 0.353 e. The first-order chi connectivity index (χ1) is 7.60. The number of nitrogens with zero attached hydrogens (tertiary/aromatic N) is 1. The third-order valence-corrected chi connectivity index (χ3v) is 2.63. The molecule has 0 aromatic carbocycles. The van der Waals surface area contributed by atoms with E-state index < -0.39 is 5.97 Å². The second-order valence-corrected chi connectivity index (χ2v) is 4.42. The first-order valence-corrected chi connectivity index (χ1v) is 5.82. The first-order valence-electron chi connectivity index (χ1n) is 5.82. The second-order valence-electron chi connectivity index (χ2n) is 4.42. The van der Waals surface area contributed by atoms with Crippen molar-refractivity contribution in [2.75, 3.05) is 0 Å². The summed E-state index contributed by atoms with van der Waals surface area (Å²) < 4.78 is 0. The quantitative estimate of drug-likeness (QED) is 0.718. The number of hydrogen-bond acceptors (Lipinski definition) is 3. The van der Waals surface area contributed by atoms with Crippen molar-refractivity contribution < 1.29 is 9.90 Å². The average Bonchev–Trinajstić information content (AvgIpc) is 2.87. The van der Waals surface area contributed by atoms with Crippen molar-refractivity contribution in [1.82, 2.24) is 5.43 Å². The predicted molar refractivity (Wildman–Crippen MR) is 64.1 cm³/mol. The van der Waals surface area contributed by atoms with Crippen LogP contribution >= 0.6 is 0 Å². The minimum atomic E-state index is -0.922. The van der Waals surface area contributed by atoms with Crippen molar-refractivity contribution in [3.8, 4) is 0 Å². The van der Waals surface area contributed by atoms with Crippen LogP contribution in [0.5, 0.6) is 0 Å². The van der Waals surface area contributed by atoms with E-state index >= 15 is 0 Å². The lowest BCUT2D eigenvalue weighted by molar-refractivity contribution is -0.133. The van der Waals surface area contributed by atoms with Gasteiger partial charge < -0.3 is 5.11 Å². The third-order valence-electron chi connectivity index (χ3n) is 2.63. The molecular weight excluding hydrogens is 204 g/mol. The van der Waals surface area contributed by atoms with Gasteiger partial charge in [-0.25, -0.2) is 4.79 Å². The van der Waals surface area contributed by atoms with Crippen LogP contribution in [0.25, 0.3) is 0 Å². The highest BCUT2D eigenvalue weighted by Crippen LogP contribution is 2.42. The number of hydrogen-bond donors (Lipinski definition) is 2. The van der Waals surface area contributed by atoms with Crippen LogP contribution < -0.4 is 5.43 Å². The van der Waals surface area contributed by atoms with Crippen molar-refractivity contribution in [2.24, 2.45) is 16.9 Å². The van der Waals surface area contributed by atoms with Gasteiger partial charge in [0, 0.05) is 6.21 Å². The molecule has 0 unspecified atom stereocenters. The highest BCUT2D eigenvalue weighted by Gasteiger charge is 2.37. The molecule has 16 heavy (non-hydrogen) atoms. The van der Waals surface area contributed by atoms with Gasteiger partial charge >= 0.3 is 5.97 Å². The summed E-state index contributed by atoms with van der Waals surface area (Å²) in [6.07, 6.45) is 5.10. The predicted octanol–water partition coefficient (Wildman–Crippen LogP) is 2.38. The number of carboxylic acids is 1. The van der Waals surface area contributed by atoms with Crippen LogP contribution in [0.3, 0.4) is 0 Å². The van der Waals surface area contributed by atoms with E-state index in [1.54, 1.807) is 0 Å². The molecule has 0 radical (unpaired) electrons. The number of carboxylic acid groups (broad SMARTS) is 1. The smallest absolute Gasteiger partial charge is 0.353 e. The average molecular weight is 224 g/mol. The van der Waals surface area contributed by atoms with E-state index in [9.17, 15) is 4.79 Å². The Hall–Kier alpha value is -1.32. The number of allylic oxidation sites excluding steroid dienone is 1. The molecule has 1 aliphatic carbocycles. The van der Waals surface area contributed by atoms with E-state index in [1.165, 1.54) is 6.42 Å². The fourth-order valence-electron chi connectivity index (χ4n) is 1.71. The van der Waals surface area contributed by atoms with E-state index in [-0.39, 0.29) is 5.70 Å². The topological polar surface area (TPSA) is 61.7 Å². The Morgan fingerprint density at radius 3 is 2.81 bits per heavy atom. The van der Waals surface area contributed by atoms with Gasteiger partial charge in [-0.05, 0) is 37.2 Å². The molecule has 2 atom stereocenters. The van der Waals surface area contributed by atoms with Crippen LogP contribution in [-0.4, -0.2) is 17.3 Å². The SMILES string of the molecule is C/C1=C(/C(=O)O)N/N=C/[C@@H]2C[C@@H]2C1.CCC. The summed E-state index contributed by atoms with van der Waals surface area (Å²) in [5.74, 6) is 0.270. The molecule has 0 aromatic heterocycles. The normalized spacial score (nSPS) is 33.2. The summed E-state index contributed by atoms with van der Waals surface area (Å²) in [5, 5.41) is 12.7. The number of rotatable bonds is 1. The van der Waals surface area contributed by atoms with E-state index in [4.69, 9.17) is 5.11 Å². The zero-order valence-electron chi connectivity index (χ0n) is 10.2. The molecule has 1 saturated carbocycles. The summed E-state index contributed by atoms with van der Waals surface area (Å²) >= 11 is 0. The van der Waals surface area contributed by atoms with Gasteiger partial charge in [0.15, 0.2) is 0 Å². The van der Waals surface area contributed by atoms with Crippen molar-refractivity contribution >= 4 is 12.2 Å². The maximum atomic E-state index is 10.8. The van der Waals surface area contributed by atoms with Crippen molar-refractivity contribution in [2.45, 2.75) is 40.0 Å². The summed E-state index contributed by atoms with van der Waals surface area (Å²) in [4.78, 5) is 10.8. The monoisotopic (exact) mass is 224 g/mol. The first kappa shape index (κ1) is 12.7. The van der Waals surface area contributed by atoms with Crippen molar-refractivity contribution in [1.29, 1.82) is 0 Å². The Kier molecular flexibility index (Phi) is 4.52. The van der Waals surface area contributed by atoms with Gasteiger partial charge in [-0.1, -0.05) is 20.3 Å². The molecule has 0 amide bonds. The summed E-state index contributed by atoms with van der Waals surface area (Å²) in [6, 6.07) is 0. The van der Waals surface area contributed by atoms with Gasteiger partial charge in [0.25, 0.3) is 0 Å². The minimum Gasteiger partial charge on any atom is -0.477 e. The van der Waals surface area contributed by atoms with Crippen LogP contribution in [0.4, 0.5) is 0 Å². The molecule has 1 fully saturated rings. The van der Waals surface area contributed by atoms with Crippen LogP contribution in [0, 0.1) is 11.8 Å². The Labute approximate surface area is 96.4 Å². The molecule has 0 bridgehead atoms.